The number of rotatable bonds is 2. The second-order valence-corrected chi connectivity index (χ2v) is 8.23. The summed E-state index contributed by atoms with van der Waals surface area (Å²) >= 11 is 0. The zero-order valence-electron chi connectivity index (χ0n) is 14.6. The van der Waals surface area contributed by atoms with Gasteiger partial charge in [-0.1, -0.05) is 33.8 Å². The van der Waals surface area contributed by atoms with Gasteiger partial charge < -0.3 is 10.2 Å². The number of carbonyl (C=O) groups is 1. The summed E-state index contributed by atoms with van der Waals surface area (Å²) in [5.41, 5.74) is 2.69. The molecular formula is C20H28O3. The summed E-state index contributed by atoms with van der Waals surface area (Å²) in [6.45, 7) is 8.24. The molecule has 1 aromatic rings. The van der Waals surface area contributed by atoms with Gasteiger partial charge in [0.15, 0.2) is 0 Å². The van der Waals surface area contributed by atoms with Crippen LogP contribution in [0, 0.1) is 11.3 Å². The van der Waals surface area contributed by atoms with E-state index < -0.39 is 5.41 Å². The van der Waals surface area contributed by atoms with E-state index in [1.54, 1.807) is 0 Å². The normalized spacial score (nSPS) is 33.5. The van der Waals surface area contributed by atoms with Crippen LogP contribution in [-0.2, 0) is 16.6 Å². The van der Waals surface area contributed by atoms with Gasteiger partial charge >= 0.3 is 0 Å². The monoisotopic (exact) mass is 316 g/mol. The third-order valence-corrected chi connectivity index (χ3v) is 6.57. The Hall–Kier alpha value is -1.35. The van der Waals surface area contributed by atoms with Gasteiger partial charge in [-0.3, -0.25) is 4.79 Å². The predicted octanol–water partition coefficient (Wildman–Crippen LogP) is 3.70. The fraction of sp³-hybridized carbons (Fsp3) is 0.650. The first-order valence-corrected chi connectivity index (χ1v) is 8.74. The van der Waals surface area contributed by atoms with Gasteiger partial charge in [-0.15, -0.1) is 0 Å². The molecule has 0 spiro atoms. The molecule has 3 nitrogen and oxygen atoms in total. The van der Waals surface area contributed by atoms with E-state index in [2.05, 4.69) is 26.8 Å². The number of aryl methyl sites for hydroxylation is 1. The molecule has 1 saturated carbocycles. The molecule has 0 saturated heterocycles. The molecule has 2 aliphatic rings. The summed E-state index contributed by atoms with van der Waals surface area (Å²) in [6, 6.07) is 4.09. The molecule has 2 N–H and O–H groups in total. The number of aromatic hydroxyl groups is 1. The molecule has 3 atom stereocenters. The summed E-state index contributed by atoms with van der Waals surface area (Å²) in [7, 11) is 0. The van der Waals surface area contributed by atoms with Crippen molar-refractivity contribution in [2.75, 3.05) is 6.61 Å². The zero-order valence-corrected chi connectivity index (χ0v) is 14.6. The van der Waals surface area contributed by atoms with Gasteiger partial charge in [-0.05, 0) is 59.3 Å². The van der Waals surface area contributed by atoms with E-state index >= 15 is 0 Å². The van der Waals surface area contributed by atoms with Crippen molar-refractivity contribution < 1.29 is 15.0 Å². The summed E-state index contributed by atoms with van der Waals surface area (Å²) in [4.78, 5) is 12.5. The highest BCUT2D eigenvalue weighted by Crippen LogP contribution is 2.56. The highest BCUT2D eigenvalue weighted by molar-refractivity contribution is 5.86. The third kappa shape index (κ3) is 2.24. The topological polar surface area (TPSA) is 57.5 Å². The van der Waals surface area contributed by atoms with Crippen LogP contribution >= 0.6 is 0 Å². The highest BCUT2D eigenvalue weighted by Gasteiger charge is 2.55. The van der Waals surface area contributed by atoms with Crippen LogP contribution in [0.5, 0.6) is 5.75 Å². The molecule has 0 radical (unpaired) electrons. The summed E-state index contributed by atoms with van der Waals surface area (Å²) in [6.07, 6.45) is 3.16. The van der Waals surface area contributed by atoms with E-state index in [1.807, 2.05) is 13.0 Å². The van der Waals surface area contributed by atoms with Crippen LogP contribution in [0.25, 0.3) is 0 Å². The predicted molar refractivity (Wildman–Crippen MR) is 90.8 cm³/mol. The number of hydrogen-bond acceptors (Lipinski definition) is 3. The summed E-state index contributed by atoms with van der Waals surface area (Å²) in [5, 5.41) is 20.4. The minimum atomic E-state index is -0.656. The van der Waals surface area contributed by atoms with Crippen LogP contribution in [-0.4, -0.2) is 22.6 Å². The van der Waals surface area contributed by atoms with Crippen molar-refractivity contribution in [1.82, 2.24) is 0 Å². The van der Waals surface area contributed by atoms with Gasteiger partial charge in [-0.25, -0.2) is 0 Å². The van der Waals surface area contributed by atoms with E-state index in [4.69, 9.17) is 0 Å². The van der Waals surface area contributed by atoms with Gasteiger partial charge in [0.2, 0.25) is 0 Å². The molecule has 3 rings (SSSR count). The van der Waals surface area contributed by atoms with Gasteiger partial charge in [-0.2, -0.15) is 0 Å². The van der Waals surface area contributed by atoms with Gasteiger partial charge in [0.05, 0.1) is 12.0 Å². The number of ketones is 1. The molecule has 0 amide bonds. The minimum Gasteiger partial charge on any atom is -0.508 e. The number of aliphatic hydroxyl groups is 1. The van der Waals surface area contributed by atoms with Crippen LogP contribution in [0.2, 0.25) is 0 Å². The lowest BCUT2D eigenvalue weighted by Gasteiger charge is -2.54. The lowest BCUT2D eigenvalue weighted by Crippen LogP contribution is -2.55. The fourth-order valence-electron chi connectivity index (χ4n) is 5.04. The number of hydrogen-bond donors (Lipinski definition) is 2. The smallest absolute Gasteiger partial charge is 0.141 e. The molecular weight excluding hydrogens is 288 g/mol. The average Bonchev–Trinajstić information content (AvgIpc) is 2.51. The number of phenolic OH excluding ortho intramolecular Hbond substituents is 1. The van der Waals surface area contributed by atoms with E-state index in [0.717, 1.165) is 24.8 Å². The largest absolute Gasteiger partial charge is 0.508 e. The number of phenols is 1. The highest BCUT2D eigenvalue weighted by atomic mass is 16.3. The van der Waals surface area contributed by atoms with E-state index in [1.165, 1.54) is 11.1 Å². The van der Waals surface area contributed by atoms with Crippen molar-refractivity contribution in [3.8, 4) is 5.75 Å². The van der Waals surface area contributed by atoms with Gasteiger partial charge in [0, 0.05) is 6.42 Å². The maximum Gasteiger partial charge on any atom is 0.141 e. The number of Topliss-reactive ketones (excluding diaryl/α,β-unsaturated/α-hetero) is 1. The van der Waals surface area contributed by atoms with Crippen molar-refractivity contribution in [2.45, 2.75) is 64.7 Å². The van der Waals surface area contributed by atoms with Crippen LogP contribution < -0.4 is 0 Å². The number of aliphatic hydroxyl groups excluding tert-OH is 1. The molecule has 0 aromatic heterocycles. The molecule has 0 unspecified atom stereocenters. The first kappa shape index (κ1) is 16.5. The first-order chi connectivity index (χ1) is 10.7. The Bertz CT molecular complexity index is 649. The van der Waals surface area contributed by atoms with Gasteiger partial charge in [0.1, 0.15) is 11.5 Å². The number of carbonyl (C=O) groups excluding carboxylic acids is 1. The lowest BCUT2D eigenvalue weighted by molar-refractivity contribution is -0.142. The SMILES string of the molecule is CC(C)c1cc2c(cc1O)[C@@]1(C)CCC(=O)[C@](C)(CO)[C@@H]1CC2. The lowest BCUT2D eigenvalue weighted by atomic mass is 9.49. The van der Waals surface area contributed by atoms with Crippen LogP contribution in [0.1, 0.15) is 69.6 Å². The molecule has 126 valence electrons. The number of benzene rings is 1. The standard InChI is InChI=1S/C20H28O3/c1-12(2)14-9-13-5-6-17-19(3,15(13)10-16(14)22)8-7-18(23)20(17,4)11-21/h9-10,12,17,21-22H,5-8,11H2,1-4H3/t17-,19-,20-/m1/s1. The fourth-order valence-corrected chi connectivity index (χ4v) is 5.04. The average molecular weight is 316 g/mol. The molecule has 3 heteroatoms. The molecule has 23 heavy (non-hydrogen) atoms. The van der Waals surface area contributed by atoms with Crippen LogP contribution in [0.3, 0.4) is 0 Å². The Balaban J connectivity index is 2.13. The Morgan fingerprint density at radius 1 is 1.26 bits per heavy atom. The molecule has 1 fully saturated rings. The van der Waals surface area contributed by atoms with Crippen molar-refractivity contribution >= 4 is 5.78 Å². The van der Waals surface area contributed by atoms with Crippen molar-refractivity contribution in [1.29, 1.82) is 0 Å². The van der Waals surface area contributed by atoms with E-state index in [0.29, 0.717) is 18.1 Å². The van der Waals surface area contributed by atoms with Crippen LogP contribution in [0.15, 0.2) is 12.1 Å². The molecule has 0 bridgehead atoms. The summed E-state index contributed by atoms with van der Waals surface area (Å²) in [5.74, 6) is 0.983. The van der Waals surface area contributed by atoms with Crippen LogP contribution in [0.4, 0.5) is 0 Å². The number of fused-ring (bicyclic) bond motifs is 3. The van der Waals surface area contributed by atoms with E-state index in [9.17, 15) is 15.0 Å². The second kappa shape index (κ2) is 5.34. The quantitative estimate of drug-likeness (QED) is 0.874. The molecule has 2 aliphatic carbocycles. The Morgan fingerprint density at radius 2 is 1.96 bits per heavy atom. The Morgan fingerprint density at radius 3 is 2.57 bits per heavy atom. The summed E-state index contributed by atoms with van der Waals surface area (Å²) < 4.78 is 0. The Labute approximate surface area is 138 Å². The maximum atomic E-state index is 12.5. The van der Waals surface area contributed by atoms with E-state index in [-0.39, 0.29) is 23.7 Å². The first-order valence-electron chi connectivity index (χ1n) is 8.74. The van der Waals surface area contributed by atoms with Crippen molar-refractivity contribution in [3.05, 3.63) is 28.8 Å². The molecule has 0 aliphatic heterocycles. The zero-order chi connectivity index (χ0) is 17.0. The van der Waals surface area contributed by atoms with Gasteiger partial charge in [0.25, 0.3) is 0 Å². The molecule has 0 heterocycles. The minimum absolute atomic E-state index is 0.0858. The Kier molecular flexibility index (Phi) is 3.83. The third-order valence-electron chi connectivity index (χ3n) is 6.57. The van der Waals surface area contributed by atoms with Crippen molar-refractivity contribution in [2.24, 2.45) is 11.3 Å². The molecule has 1 aromatic carbocycles. The van der Waals surface area contributed by atoms with Crippen molar-refractivity contribution in [3.63, 3.8) is 0 Å². The maximum absolute atomic E-state index is 12.5. The second-order valence-electron chi connectivity index (χ2n) is 8.23.